The van der Waals surface area contributed by atoms with Gasteiger partial charge in [0.15, 0.2) is 0 Å². The number of aromatic nitrogens is 1. The maximum absolute atomic E-state index is 2.43. The summed E-state index contributed by atoms with van der Waals surface area (Å²) < 4.78 is 2.42. The Balaban J connectivity index is 1.09. The number of para-hydroxylation sites is 1. The van der Waals surface area contributed by atoms with Gasteiger partial charge in [0.25, 0.3) is 0 Å². The lowest BCUT2D eigenvalue weighted by atomic mass is 9.94. The van der Waals surface area contributed by atoms with Crippen molar-refractivity contribution in [2.75, 3.05) is 4.90 Å². The Hall–Kier alpha value is -8.20. The number of rotatable bonds is 9. The summed E-state index contributed by atoms with van der Waals surface area (Å²) in [4.78, 5) is 2.43. The van der Waals surface area contributed by atoms with Gasteiger partial charge in [-0.2, -0.15) is 0 Å². The van der Waals surface area contributed by atoms with Crippen molar-refractivity contribution >= 4 is 38.9 Å². The lowest BCUT2D eigenvalue weighted by Gasteiger charge is -2.29. The van der Waals surface area contributed by atoms with Crippen molar-refractivity contribution in [3.05, 3.63) is 255 Å². The molecule has 0 amide bonds. The van der Waals surface area contributed by atoms with E-state index in [9.17, 15) is 0 Å². The average Bonchev–Trinajstić information content (AvgIpc) is 3.69. The number of hydrogen-bond acceptors (Lipinski definition) is 1. The summed E-state index contributed by atoms with van der Waals surface area (Å²) in [6.45, 7) is 0. The van der Waals surface area contributed by atoms with Gasteiger partial charge < -0.3 is 9.47 Å². The van der Waals surface area contributed by atoms with Gasteiger partial charge in [-0.25, -0.2) is 0 Å². The maximum atomic E-state index is 2.43. The van der Waals surface area contributed by atoms with Crippen LogP contribution >= 0.6 is 0 Å². The minimum Gasteiger partial charge on any atom is -0.310 e. The fourth-order valence-electron chi connectivity index (χ4n) is 9.02. The van der Waals surface area contributed by atoms with E-state index in [4.69, 9.17) is 0 Å². The zero-order chi connectivity index (χ0) is 41.2. The number of anilines is 3. The minimum absolute atomic E-state index is 1.08. The summed E-state index contributed by atoms with van der Waals surface area (Å²) in [7, 11) is 0. The third-order valence-electron chi connectivity index (χ3n) is 12.0. The van der Waals surface area contributed by atoms with E-state index >= 15 is 0 Å². The van der Waals surface area contributed by atoms with Crippen LogP contribution in [0.15, 0.2) is 255 Å². The van der Waals surface area contributed by atoms with E-state index in [1.165, 1.54) is 60.8 Å². The highest BCUT2D eigenvalue weighted by Gasteiger charge is 2.21. The Morgan fingerprint density at radius 1 is 0.258 bits per heavy atom. The fraction of sp³-hybridized carbons (Fsp3) is 0. The Morgan fingerprint density at radius 3 is 1.32 bits per heavy atom. The Bertz CT molecular complexity index is 3300. The first kappa shape index (κ1) is 36.8. The molecule has 0 fully saturated rings. The molecule has 0 aliphatic heterocycles. The maximum Gasteiger partial charge on any atom is 0.0561 e. The lowest BCUT2D eigenvalue weighted by Crippen LogP contribution is -2.11. The van der Waals surface area contributed by atoms with Crippen molar-refractivity contribution in [3.8, 4) is 61.3 Å². The molecular weight excluding hydrogens is 749 g/mol. The first-order valence-electron chi connectivity index (χ1n) is 21.3. The van der Waals surface area contributed by atoms with Crippen molar-refractivity contribution in [1.82, 2.24) is 4.57 Å². The molecule has 0 aliphatic carbocycles. The largest absolute Gasteiger partial charge is 0.310 e. The molecule has 1 heterocycles. The second-order valence-electron chi connectivity index (χ2n) is 15.7. The molecule has 0 aliphatic rings. The number of nitrogens with zero attached hydrogens (tertiary/aromatic N) is 2. The highest BCUT2D eigenvalue weighted by atomic mass is 15.1. The third-order valence-corrected chi connectivity index (χ3v) is 12.0. The highest BCUT2D eigenvalue weighted by molar-refractivity contribution is 6.10. The van der Waals surface area contributed by atoms with E-state index in [-0.39, 0.29) is 0 Å². The van der Waals surface area contributed by atoms with Crippen molar-refractivity contribution in [2.45, 2.75) is 0 Å². The monoisotopic (exact) mass is 790 g/mol. The summed E-state index contributed by atoms with van der Waals surface area (Å²) in [5, 5.41) is 2.44. The smallest absolute Gasteiger partial charge is 0.0561 e. The summed E-state index contributed by atoms with van der Waals surface area (Å²) in [6.07, 6.45) is 0. The van der Waals surface area contributed by atoms with Crippen molar-refractivity contribution in [2.24, 2.45) is 0 Å². The third kappa shape index (κ3) is 6.84. The fourth-order valence-corrected chi connectivity index (χ4v) is 9.02. The van der Waals surface area contributed by atoms with Crippen LogP contribution in [0.2, 0.25) is 0 Å². The van der Waals surface area contributed by atoms with Crippen LogP contribution in [0.4, 0.5) is 17.1 Å². The van der Waals surface area contributed by atoms with Gasteiger partial charge in [0.2, 0.25) is 0 Å². The highest BCUT2D eigenvalue weighted by Crippen LogP contribution is 2.45. The van der Waals surface area contributed by atoms with Crippen LogP contribution in [0.1, 0.15) is 0 Å². The Morgan fingerprint density at radius 2 is 0.694 bits per heavy atom. The van der Waals surface area contributed by atoms with Crippen LogP contribution in [0.5, 0.6) is 0 Å². The van der Waals surface area contributed by atoms with Gasteiger partial charge in [-0.05, 0) is 105 Å². The predicted molar refractivity (Wildman–Crippen MR) is 263 cm³/mol. The SMILES string of the molecule is c1ccc(-c2ccc(N(c3ccc4c5ccccc5n(-c5ccc(-c6ccccc6-c6ccccc6)cc5)c4c3)c3ccc(-c4ccccc4)cc3-c3ccccc3)cc2)cc1. The van der Waals surface area contributed by atoms with Crippen LogP contribution in [0.25, 0.3) is 83.1 Å². The van der Waals surface area contributed by atoms with Gasteiger partial charge in [-0.1, -0.05) is 200 Å². The number of fused-ring (bicyclic) bond motifs is 3. The molecule has 1 aromatic heterocycles. The topological polar surface area (TPSA) is 8.17 Å². The molecular formula is C60H42N2. The standard InChI is InChI=1S/C60H42N2/c1-5-17-43(18-6-1)45-29-34-50(35-30-45)61(59-40-33-49(44-19-7-2-8-20-44)41-57(59)47-23-11-4-12-24-47)52-38-39-56-55-27-15-16-28-58(55)62(60(56)42-52)51-36-31-48(32-37-51)54-26-14-13-25-53(54)46-21-9-3-10-22-46/h1-42H. The molecule has 0 N–H and O–H groups in total. The van der Waals surface area contributed by atoms with E-state index in [0.29, 0.717) is 0 Å². The lowest BCUT2D eigenvalue weighted by molar-refractivity contribution is 1.18. The van der Waals surface area contributed by atoms with Crippen LogP contribution in [0, 0.1) is 0 Å². The van der Waals surface area contributed by atoms with Crippen molar-refractivity contribution < 1.29 is 0 Å². The molecule has 62 heavy (non-hydrogen) atoms. The number of benzene rings is 10. The van der Waals surface area contributed by atoms with Crippen molar-refractivity contribution in [3.63, 3.8) is 0 Å². The molecule has 0 saturated carbocycles. The van der Waals surface area contributed by atoms with E-state index in [1.807, 2.05) is 0 Å². The number of hydrogen-bond donors (Lipinski definition) is 0. The van der Waals surface area contributed by atoms with Crippen LogP contribution in [-0.4, -0.2) is 4.57 Å². The zero-order valence-electron chi connectivity index (χ0n) is 34.1. The molecule has 292 valence electrons. The molecule has 10 aromatic carbocycles. The van der Waals surface area contributed by atoms with Gasteiger partial charge in [0, 0.05) is 33.4 Å². The molecule has 11 aromatic rings. The second kappa shape index (κ2) is 16.1. The van der Waals surface area contributed by atoms with Gasteiger partial charge in [-0.3, -0.25) is 0 Å². The first-order valence-corrected chi connectivity index (χ1v) is 21.3. The summed E-state index contributed by atoms with van der Waals surface area (Å²) in [5.41, 5.74) is 18.6. The van der Waals surface area contributed by atoms with Crippen LogP contribution in [-0.2, 0) is 0 Å². The average molecular weight is 791 g/mol. The summed E-state index contributed by atoms with van der Waals surface area (Å²) in [6, 6.07) is 92.1. The van der Waals surface area contributed by atoms with Crippen molar-refractivity contribution in [1.29, 1.82) is 0 Å². The quantitative estimate of drug-likeness (QED) is 0.141. The second-order valence-corrected chi connectivity index (χ2v) is 15.7. The molecule has 0 bridgehead atoms. The minimum atomic E-state index is 1.08. The van der Waals surface area contributed by atoms with E-state index in [1.54, 1.807) is 0 Å². The molecule has 0 unspecified atom stereocenters. The molecule has 11 rings (SSSR count). The van der Waals surface area contributed by atoms with E-state index in [0.717, 1.165) is 39.4 Å². The Kier molecular flexibility index (Phi) is 9.57. The van der Waals surface area contributed by atoms with Crippen LogP contribution < -0.4 is 4.90 Å². The molecule has 2 heteroatoms. The van der Waals surface area contributed by atoms with Gasteiger partial charge >= 0.3 is 0 Å². The van der Waals surface area contributed by atoms with E-state index in [2.05, 4.69) is 264 Å². The molecule has 0 spiro atoms. The predicted octanol–water partition coefficient (Wildman–Crippen LogP) is 16.6. The van der Waals surface area contributed by atoms with Gasteiger partial charge in [-0.15, -0.1) is 0 Å². The Labute approximate surface area is 362 Å². The zero-order valence-corrected chi connectivity index (χ0v) is 34.1. The summed E-state index contributed by atoms with van der Waals surface area (Å²) >= 11 is 0. The molecule has 0 atom stereocenters. The van der Waals surface area contributed by atoms with Gasteiger partial charge in [0.1, 0.15) is 0 Å². The summed E-state index contributed by atoms with van der Waals surface area (Å²) in [5.74, 6) is 0. The molecule has 2 nitrogen and oxygen atoms in total. The van der Waals surface area contributed by atoms with E-state index < -0.39 is 0 Å². The van der Waals surface area contributed by atoms with Gasteiger partial charge in [0.05, 0.1) is 16.7 Å². The first-order chi connectivity index (χ1) is 30.8. The molecule has 0 saturated heterocycles. The van der Waals surface area contributed by atoms with Crippen LogP contribution in [0.3, 0.4) is 0 Å². The molecule has 0 radical (unpaired) electrons. The normalized spacial score (nSPS) is 11.2.